The monoisotopic (exact) mass is 413 g/mol. The molecule has 0 aliphatic rings. The van der Waals surface area contributed by atoms with Crippen molar-refractivity contribution in [1.82, 2.24) is 5.32 Å². The van der Waals surface area contributed by atoms with Crippen LogP contribution in [0.2, 0.25) is 0 Å². The molecule has 0 saturated heterocycles. The van der Waals surface area contributed by atoms with Gasteiger partial charge in [-0.2, -0.15) is 13.2 Å². The molecule has 0 fully saturated rings. The van der Waals surface area contributed by atoms with Crippen molar-refractivity contribution in [3.05, 3.63) is 65.2 Å². The van der Waals surface area contributed by atoms with Gasteiger partial charge in [0.2, 0.25) is 0 Å². The molecule has 0 heterocycles. The first-order valence-corrected chi connectivity index (χ1v) is 10.3. The second-order valence-corrected chi connectivity index (χ2v) is 9.35. The third kappa shape index (κ3) is 5.13. The fourth-order valence-electron chi connectivity index (χ4n) is 2.60. The molecule has 0 bridgehead atoms. The van der Waals surface area contributed by atoms with Gasteiger partial charge in [0.15, 0.2) is 9.84 Å². The summed E-state index contributed by atoms with van der Waals surface area (Å²) in [4.78, 5) is 12.5. The zero-order valence-electron chi connectivity index (χ0n) is 15.8. The highest BCUT2D eigenvalue weighted by atomic mass is 32.2. The molecule has 0 aliphatic heterocycles. The molecule has 28 heavy (non-hydrogen) atoms. The Morgan fingerprint density at radius 1 is 1.00 bits per heavy atom. The molecule has 1 amide bonds. The highest BCUT2D eigenvalue weighted by molar-refractivity contribution is 7.91. The second-order valence-electron chi connectivity index (χ2n) is 7.07. The summed E-state index contributed by atoms with van der Waals surface area (Å²) in [7, 11) is -3.35. The molecule has 152 valence electrons. The number of benzene rings is 2. The van der Waals surface area contributed by atoms with Gasteiger partial charge in [-0.3, -0.25) is 4.79 Å². The molecule has 0 atom stereocenters. The van der Waals surface area contributed by atoms with Gasteiger partial charge in [-0.15, -0.1) is 0 Å². The van der Waals surface area contributed by atoms with E-state index in [0.29, 0.717) is 5.56 Å². The standard InChI is InChI=1S/C20H22F3NO3S/c1-4-28(26,27)17-10-8-14(9-11-17)18(25)24-13-19(2,3)15-6-5-7-16(12-15)20(21,22)23/h5-12H,4,13H2,1-3H3,(H,24,25). The van der Waals surface area contributed by atoms with E-state index in [1.165, 1.54) is 37.3 Å². The first-order valence-electron chi connectivity index (χ1n) is 8.65. The number of halogens is 3. The average molecular weight is 413 g/mol. The summed E-state index contributed by atoms with van der Waals surface area (Å²) in [6, 6.07) is 10.6. The Morgan fingerprint density at radius 2 is 1.57 bits per heavy atom. The summed E-state index contributed by atoms with van der Waals surface area (Å²) in [5, 5.41) is 2.70. The van der Waals surface area contributed by atoms with Crippen molar-refractivity contribution in [2.75, 3.05) is 12.3 Å². The van der Waals surface area contributed by atoms with Gasteiger partial charge in [0, 0.05) is 17.5 Å². The average Bonchev–Trinajstić information content (AvgIpc) is 2.65. The highest BCUT2D eigenvalue weighted by Crippen LogP contribution is 2.32. The van der Waals surface area contributed by atoms with Gasteiger partial charge in [0.25, 0.3) is 5.91 Å². The molecule has 4 nitrogen and oxygen atoms in total. The number of carbonyl (C=O) groups is 1. The number of carbonyl (C=O) groups excluding carboxylic acids is 1. The number of sulfone groups is 1. The van der Waals surface area contributed by atoms with Crippen LogP contribution in [0.3, 0.4) is 0 Å². The number of nitrogens with one attached hydrogen (secondary N) is 1. The van der Waals surface area contributed by atoms with Crippen molar-refractivity contribution >= 4 is 15.7 Å². The smallest absolute Gasteiger partial charge is 0.351 e. The van der Waals surface area contributed by atoms with E-state index in [2.05, 4.69) is 5.32 Å². The lowest BCUT2D eigenvalue weighted by Crippen LogP contribution is -2.36. The fraction of sp³-hybridized carbons (Fsp3) is 0.350. The molecule has 2 aromatic carbocycles. The van der Waals surface area contributed by atoms with Crippen molar-refractivity contribution < 1.29 is 26.4 Å². The Balaban J connectivity index is 2.11. The Bertz CT molecular complexity index is 949. The minimum atomic E-state index is -4.43. The third-order valence-electron chi connectivity index (χ3n) is 4.52. The summed E-state index contributed by atoms with van der Waals surface area (Å²) in [5.41, 5.74) is -0.749. The maximum Gasteiger partial charge on any atom is 0.416 e. The predicted molar refractivity (Wildman–Crippen MR) is 101 cm³/mol. The predicted octanol–water partition coefficient (Wildman–Crippen LogP) is 4.21. The van der Waals surface area contributed by atoms with E-state index < -0.39 is 32.9 Å². The zero-order valence-corrected chi connectivity index (χ0v) is 16.6. The van der Waals surface area contributed by atoms with E-state index >= 15 is 0 Å². The lowest BCUT2D eigenvalue weighted by atomic mass is 9.83. The van der Waals surface area contributed by atoms with Crippen LogP contribution < -0.4 is 5.32 Å². The molecular formula is C20H22F3NO3S. The van der Waals surface area contributed by atoms with Gasteiger partial charge >= 0.3 is 6.18 Å². The van der Waals surface area contributed by atoms with E-state index in [9.17, 15) is 26.4 Å². The number of alkyl halides is 3. The van der Waals surface area contributed by atoms with E-state index in [4.69, 9.17) is 0 Å². The third-order valence-corrected chi connectivity index (χ3v) is 6.27. The molecule has 0 aliphatic carbocycles. The first-order chi connectivity index (χ1) is 12.9. The topological polar surface area (TPSA) is 63.2 Å². The lowest BCUT2D eigenvalue weighted by molar-refractivity contribution is -0.137. The van der Waals surface area contributed by atoms with E-state index in [0.717, 1.165) is 12.1 Å². The number of hydrogen-bond donors (Lipinski definition) is 1. The van der Waals surface area contributed by atoms with Gasteiger partial charge in [-0.1, -0.05) is 39.0 Å². The molecule has 0 radical (unpaired) electrons. The molecule has 0 unspecified atom stereocenters. The summed E-state index contributed by atoms with van der Waals surface area (Å²) < 4.78 is 62.4. The Kier molecular flexibility index (Phi) is 6.23. The van der Waals surface area contributed by atoms with Crippen LogP contribution >= 0.6 is 0 Å². The van der Waals surface area contributed by atoms with Crippen LogP contribution in [0.5, 0.6) is 0 Å². The van der Waals surface area contributed by atoms with Crippen molar-refractivity contribution in [3.63, 3.8) is 0 Å². The normalized spacial score (nSPS) is 12.6. The Labute approximate surface area is 162 Å². The van der Waals surface area contributed by atoms with Crippen LogP contribution in [-0.2, 0) is 21.4 Å². The molecule has 0 saturated carbocycles. The summed E-state index contributed by atoms with van der Waals surface area (Å²) >= 11 is 0. The van der Waals surface area contributed by atoms with Gasteiger partial charge in [-0.05, 0) is 35.9 Å². The summed E-state index contributed by atoms with van der Waals surface area (Å²) in [5.74, 6) is -0.468. The van der Waals surface area contributed by atoms with Gasteiger partial charge < -0.3 is 5.32 Å². The SMILES string of the molecule is CCS(=O)(=O)c1ccc(C(=O)NCC(C)(C)c2cccc(C(F)(F)F)c2)cc1. The molecular weight excluding hydrogens is 391 g/mol. The van der Waals surface area contributed by atoms with Crippen LogP contribution in [0.15, 0.2) is 53.4 Å². The van der Waals surface area contributed by atoms with E-state index in [1.807, 2.05) is 0 Å². The van der Waals surface area contributed by atoms with Gasteiger partial charge in [0.1, 0.15) is 0 Å². The van der Waals surface area contributed by atoms with Crippen LogP contribution in [-0.4, -0.2) is 26.6 Å². The fourth-order valence-corrected chi connectivity index (χ4v) is 3.49. The van der Waals surface area contributed by atoms with Crippen LogP contribution in [0, 0.1) is 0 Å². The largest absolute Gasteiger partial charge is 0.416 e. The summed E-state index contributed by atoms with van der Waals surface area (Å²) in [6.07, 6.45) is -4.43. The molecule has 0 spiro atoms. The Morgan fingerprint density at radius 3 is 2.11 bits per heavy atom. The molecule has 2 aromatic rings. The van der Waals surface area contributed by atoms with E-state index in [-0.39, 0.29) is 22.8 Å². The Hall–Kier alpha value is -2.35. The zero-order chi connectivity index (χ0) is 21.2. The second kappa shape index (κ2) is 7.95. The van der Waals surface area contributed by atoms with Crippen molar-refractivity contribution in [1.29, 1.82) is 0 Å². The number of amides is 1. The van der Waals surface area contributed by atoms with Crippen molar-refractivity contribution in [2.24, 2.45) is 0 Å². The van der Waals surface area contributed by atoms with Crippen molar-refractivity contribution in [3.8, 4) is 0 Å². The van der Waals surface area contributed by atoms with Crippen LogP contribution in [0.4, 0.5) is 13.2 Å². The van der Waals surface area contributed by atoms with Gasteiger partial charge in [0.05, 0.1) is 16.2 Å². The molecule has 1 N–H and O–H groups in total. The highest BCUT2D eigenvalue weighted by Gasteiger charge is 2.32. The van der Waals surface area contributed by atoms with Crippen molar-refractivity contribution in [2.45, 2.75) is 37.3 Å². The van der Waals surface area contributed by atoms with Crippen LogP contribution in [0.1, 0.15) is 42.3 Å². The maximum atomic E-state index is 12.9. The van der Waals surface area contributed by atoms with E-state index in [1.54, 1.807) is 19.9 Å². The molecule has 0 aromatic heterocycles. The maximum absolute atomic E-state index is 12.9. The molecule has 2 rings (SSSR count). The molecule has 8 heteroatoms. The number of rotatable bonds is 6. The van der Waals surface area contributed by atoms with Gasteiger partial charge in [-0.25, -0.2) is 8.42 Å². The summed E-state index contributed by atoms with van der Waals surface area (Å²) in [6.45, 7) is 5.12. The minimum absolute atomic E-state index is 0.0380. The number of hydrogen-bond acceptors (Lipinski definition) is 3. The minimum Gasteiger partial charge on any atom is -0.351 e. The lowest BCUT2D eigenvalue weighted by Gasteiger charge is -2.26. The first kappa shape index (κ1) is 21.9. The van der Waals surface area contributed by atoms with Crippen LogP contribution in [0.25, 0.3) is 0 Å². The quantitative estimate of drug-likeness (QED) is 0.772.